The van der Waals surface area contributed by atoms with Crippen LogP contribution in [0.4, 0.5) is 0 Å². The maximum atomic E-state index is 7.00. The van der Waals surface area contributed by atoms with Crippen molar-refractivity contribution in [3.63, 3.8) is 0 Å². The minimum Gasteiger partial charge on any atom is -0.414 e. The van der Waals surface area contributed by atoms with Crippen molar-refractivity contribution in [2.24, 2.45) is 35.0 Å². The summed E-state index contributed by atoms with van der Waals surface area (Å²) in [5.74, 6) is 3.69. The van der Waals surface area contributed by atoms with E-state index < -0.39 is 8.32 Å². The Bertz CT molecular complexity index is 515. The lowest BCUT2D eigenvalue weighted by Crippen LogP contribution is -2.50. The third-order valence-corrected chi connectivity index (χ3v) is 13.3. The van der Waals surface area contributed by atoms with Crippen molar-refractivity contribution in [3.8, 4) is 0 Å². The molecule has 0 aromatic heterocycles. The van der Waals surface area contributed by atoms with Crippen LogP contribution < -0.4 is 0 Å². The van der Waals surface area contributed by atoms with Gasteiger partial charge >= 0.3 is 0 Å². The summed E-state index contributed by atoms with van der Waals surface area (Å²) in [5.41, 5.74) is 0.468. The van der Waals surface area contributed by atoms with Gasteiger partial charge in [0, 0.05) is 6.10 Å². The summed E-state index contributed by atoms with van der Waals surface area (Å²) in [5, 5.41) is 0.307. The molecule has 0 bridgehead atoms. The summed E-state index contributed by atoms with van der Waals surface area (Å²) < 4.78 is 7.00. The molecule has 158 valence electrons. The van der Waals surface area contributed by atoms with Gasteiger partial charge in [0.15, 0.2) is 8.32 Å². The summed E-state index contributed by atoms with van der Waals surface area (Å²) in [4.78, 5) is 0. The molecular formula is C25H48OSi. The maximum absolute atomic E-state index is 7.00. The van der Waals surface area contributed by atoms with Crippen LogP contribution in [-0.2, 0) is 4.43 Å². The maximum Gasteiger partial charge on any atom is 0.192 e. The molecule has 0 saturated heterocycles. The van der Waals surface area contributed by atoms with Gasteiger partial charge in [0.1, 0.15) is 0 Å². The summed E-state index contributed by atoms with van der Waals surface area (Å²) >= 11 is 0. The van der Waals surface area contributed by atoms with E-state index >= 15 is 0 Å². The average Bonchev–Trinajstić information content (AvgIpc) is 2.89. The van der Waals surface area contributed by atoms with E-state index in [0.29, 0.717) is 28.4 Å². The summed E-state index contributed by atoms with van der Waals surface area (Å²) in [6, 6.07) is 0. The quantitative estimate of drug-likeness (QED) is 0.328. The number of hydrogen-bond donors (Lipinski definition) is 0. The van der Waals surface area contributed by atoms with E-state index in [1.165, 1.54) is 32.1 Å². The van der Waals surface area contributed by atoms with E-state index in [9.17, 15) is 0 Å². The van der Waals surface area contributed by atoms with Crippen LogP contribution in [-0.4, -0.2) is 14.4 Å². The number of fused-ring (bicyclic) bond motifs is 1. The van der Waals surface area contributed by atoms with Crippen LogP contribution in [0.1, 0.15) is 87.5 Å². The average molecular weight is 393 g/mol. The summed E-state index contributed by atoms with van der Waals surface area (Å²) in [6.07, 6.45) is 12.3. The van der Waals surface area contributed by atoms with Crippen LogP contribution in [0.3, 0.4) is 0 Å². The Kier molecular flexibility index (Phi) is 7.17. The van der Waals surface area contributed by atoms with Gasteiger partial charge < -0.3 is 4.43 Å². The first-order chi connectivity index (χ1) is 12.3. The second-order valence-electron chi connectivity index (χ2n) is 12.0. The zero-order chi connectivity index (χ0) is 20.6. The zero-order valence-corrected chi connectivity index (χ0v) is 21.1. The Balaban J connectivity index is 2.13. The summed E-state index contributed by atoms with van der Waals surface area (Å²) in [7, 11) is -1.69. The van der Waals surface area contributed by atoms with Crippen molar-refractivity contribution in [3.05, 3.63) is 12.2 Å². The minimum absolute atomic E-state index is 0.307. The molecule has 2 heteroatoms. The van der Waals surface area contributed by atoms with E-state index in [1.807, 2.05) is 0 Å². The van der Waals surface area contributed by atoms with Crippen molar-refractivity contribution >= 4 is 8.32 Å². The fourth-order valence-corrected chi connectivity index (χ4v) is 6.82. The molecule has 0 aromatic carbocycles. The Morgan fingerprint density at radius 2 is 1.63 bits per heavy atom. The molecule has 2 fully saturated rings. The van der Waals surface area contributed by atoms with Gasteiger partial charge in [0.25, 0.3) is 0 Å². The van der Waals surface area contributed by atoms with E-state index in [1.54, 1.807) is 0 Å². The van der Waals surface area contributed by atoms with Crippen molar-refractivity contribution in [1.29, 1.82) is 0 Å². The van der Waals surface area contributed by atoms with Crippen LogP contribution in [0.25, 0.3) is 0 Å². The number of rotatable bonds is 6. The van der Waals surface area contributed by atoms with E-state index in [0.717, 1.165) is 17.8 Å². The first-order valence-corrected chi connectivity index (χ1v) is 14.6. The second kappa shape index (κ2) is 8.34. The predicted octanol–water partition coefficient (Wildman–Crippen LogP) is 8.08. The Hall–Kier alpha value is -0.0831. The van der Waals surface area contributed by atoms with E-state index in [-0.39, 0.29) is 0 Å². The Morgan fingerprint density at radius 1 is 1.00 bits per heavy atom. The molecule has 2 aliphatic carbocycles. The topological polar surface area (TPSA) is 9.23 Å². The molecule has 2 aliphatic rings. The Labute approximate surface area is 171 Å². The van der Waals surface area contributed by atoms with Gasteiger partial charge in [0.2, 0.25) is 0 Å². The molecule has 0 amide bonds. The molecule has 0 heterocycles. The summed E-state index contributed by atoms with van der Waals surface area (Å²) in [6.45, 7) is 24.1. The molecule has 0 spiro atoms. The molecule has 0 unspecified atom stereocenters. The van der Waals surface area contributed by atoms with Crippen molar-refractivity contribution < 1.29 is 4.43 Å². The van der Waals surface area contributed by atoms with Crippen molar-refractivity contribution in [1.82, 2.24) is 0 Å². The lowest BCUT2D eigenvalue weighted by atomic mass is 9.62. The number of allylic oxidation sites excluding steroid dienone is 2. The highest BCUT2D eigenvalue weighted by Crippen LogP contribution is 2.59. The third-order valence-electron chi connectivity index (χ3n) is 8.79. The molecule has 0 radical (unpaired) electrons. The van der Waals surface area contributed by atoms with Gasteiger partial charge in [-0.1, -0.05) is 74.0 Å². The van der Waals surface area contributed by atoms with Crippen LogP contribution in [0.5, 0.6) is 0 Å². The molecular weight excluding hydrogens is 344 g/mol. The molecule has 0 aromatic rings. The molecule has 0 aliphatic heterocycles. The second-order valence-corrected chi connectivity index (χ2v) is 16.7. The molecule has 1 nitrogen and oxygen atoms in total. The van der Waals surface area contributed by atoms with Gasteiger partial charge in [-0.15, -0.1) is 0 Å². The van der Waals surface area contributed by atoms with Gasteiger partial charge in [-0.25, -0.2) is 0 Å². The highest BCUT2D eigenvalue weighted by molar-refractivity contribution is 6.74. The zero-order valence-electron chi connectivity index (χ0n) is 20.1. The van der Waals surface area contributed by atoms with Gasteiger partial charge in [0.05, 0.1) is 0 Å². The van der Waals surface area contributed by atoms with Crippen molar-refractivity contribution in [2.45, 2.75) is 112 Å². The standard InChI is InChI=1S/C25H48OSi/c1-18(2)19(3)13-14-20(4)21-15-16-22-23(12-11-17-25(21,22)8)26-27(9,10)24(5,6)7/h13-14,18-23H,11-12,15-17H2,1-10H3/b14-13+/t19-,20+,21-,22-,23-,25+/m0/s1. The lowest BCUT2D eigenvalue weighted by molar-refractivity contribution is -0.0163. The van der Waals surface area contributed by atoms with Crippen molar-refractivity contribution in [2.75, 3.05) is 0 Å². The fourth-order valence-electron chi connectivity index (χ4n) is 5.43. The predicted molar refractivity (Wildman–Crippen MR) is 123 cm³/mol. The number of hydrogen-bond acceptors (Lipinski definition) is 1. The molecule has 6 atom stereocenters. The lowest BCUT2D eigenvalue weighted by Gasteiger charge is -2.49. The molecule has 2 rings (SSSR count). The van der Waals surface area contributed by atoms with Gasteiger partial charge in [-0.3, -0.25) is 0 Å². The first-order valence-electron chi connectivity index (χ1n) is 11.7. The molecule has 2 saturated carbocycles. The smallest absolute Gasteiger partial charge is 0.192 e. The monoisotopic (exact) mass is 392 g/mol. The normalized spacial score (nSPS) is 34.9. The van der Waals surface area contributed by atoms with Gasteiger partial charge in [-0.2, -0.15) is 0 Å². The fraction of sp³-hybridized carbons (Fsp3) is 0.920. The SMILES string of the molecule is CC(C)[C@@H](C)/C=C/[C@@H](C)[C@@H]1CC[C@H]2[C@@H](O[Si](C)(C)C(C)(C)C)CCC[C@]12C. The third kappa shape index (κ3) is 4.92. The molecule has 0 N–H and O–H groups in total. The largest absolute Gasteiger partial charge is 0.414 e. The minimum atomic E-state index is -1.69. The van der Waals surface area contributed by atoms with Crippen LogP contribution in [0.2, 0.25) is 18.1 Å². The Morgan fingerprint density at radius 3 is 2.19 bits per heavy atom. The first kappa shape index (κ1) is 23.2. The van der Waals surface area contributed by atoms with E-state index in [4.69, 9.17) is 4.43 Å². The van der Waals surface area contributed by atoms with Gasteiger partial charge in [-0.05, 0) is 78.8 Å². The highest BCUT2D eigenvalue weighted by Gasteiger charge is 2.54. The highest BCUT2D eigenvalue weighted by atomic mass is 28.4. The van der Waals surface area contributed by atoms with Crippen LogP contribution >= 0.6 is 0 Å². The van der Waals surface area contributed by atoms with Crippen LogP contribution in [0.15, 0.2) is 12.2 Å². The van der Waals surface area contributed by atoms with E-state index in [2.05, 4.69) is 80.6 Å². The molecule has 27 heavy (non-hydrogen) atoms. The van der Waals surface area contributed by atoms with Crippen LogP contribution in [0, 0.1) is 35.0 Å².